The Labute approximate surface area is 174 Å². The number of rotatable bonds is 5. The maximum Gasteiger partial charge on any atom is 0.336 e. The van der Waals surface area contributed by atoms with Crippen molar-refractivity contribution in [1.82, 2.24) is 4.90 Å². The van der Waals surface area contributed by atoms with Gasteiger partial charge in [-0.2, -0.15) is 0 Å². The molecule has 7 heteroatoms. The van der Waals surface area contributed by atoms with E-state index in [2.05, 4.69) is 22.2 Å². The second kappa shape index (κ2) is 8.59. The lowest BCUT2D eigenvalue weighted by Crippen LogP contribution is -2.44. The molecule has 0 radical (unpaired) electrons. The number of ether oxygens (including phenoxy) is 1. The lowest BCUT2D eigenvalue weighted by atomic mass is 10.1. The number of para-hydroxylation sites is 2. The molecule has 1 fully saturated rings. The normalized spacial score (nSPS) is 14.7. The first kappa shape index (κ1) is 20.0. The first-order valence-electron chi connectivity index (χ1n) is 9.99. The fourth-order valence-corrected chi connectivity index (χ4v) is 3.63. The minimum Gasteiger partial charge on any atom is -0.484 e. The van der Waals surface area contributed by atoms with Crippen molar-refractivity contribution in [2.45, 2.75) is 6.92 Å². The van der Waals surface area contributed by atoms with Crippen molar-refractivity contribution in [2.75, 3.05) is 50.1 Å². The predicted molar refractivity (Wildman–Crippen MR) is 117 cm³/mol. The maximum absolute atomic E-state index is 12.5. The molecular weight excluding hydrogens is 382 g/mol. The molecule has 1 aromatic heterocycles. The standard InChI is InChI=1S/C23H25N3O4/c1-16-13-23(28)30-21-14-17(7-8-18(16)21)29-15-22(27)24-19-5-3-4-6-20(19)26-11-9-25(2)10-12-26/h3-8,13-14H,9-12,15H2,1-2H3,(H,24,27). The van der Waals surface area contributed by atoms with Gasteiger partial charge in [-0.1, -0.05) is 12.1 Å². The van der Waals surface area contributed by atoms with Gasteiger partial charge in [0, 0.05) is 43.7 Å². The predicted octanol–water partition coefficient (Wildman–Crippen LogP) is 2.87. The number of hydrogen-bond donors (Lipinski definition) is 1. The Morgan fingerprint density at radius 3 is 2.67 bits per heavy atom. The molecule has 1 N–H and O–H groups in total. The van der Waals surface area contributed by atoms with E-state index in [0.29, 0.717) is 11.3 Å². The quantitative estimate of drug-likeness (QED) is 0.656. The summed E-state index contributed by atoms with van der Waals surface area (Å²) in [7, 11) is 2.11. The van der Waals surface area contributed by atoms with Crippen LogP contribution < -0.4 is 20.6 Å². The lowest BCUT2D eigenvalue weighted by molar-refractivity contribution is -0.118. The van der Waals surface area contributed by atoms with Gasteiger partial charge < -0.3 is 24.3 Å². The van der Waals surface area contributed by atoms with Crippen LogP contribution in [0.1, 0.15) is 5.56 Å². The van der Waals surface area contributed by atoms with Crippen molar-refractivity contribution in [3.63, 3.8) is 0 Å². The SMILES string of the molecule is Cc1cc(=O)oc2cc(OCC(=O)Nc3ccccc3N3CCN(C)CC3)ccc12. The summed E-state index contributed by atoms with van der Waals surface area (Å²) < 4.78 is 10.9. The molecule has 2 aromatic carbocycles. The molecule has 3 aromatic rings. The number of carbonyl (C=O) groups excluding carboxylic acids is 1. The van der Waals surface area contributed by atoms with Crippen LogP contribution in [-0.4, -0.2) is 50.6 Å². The molecule has 1 amide bonds. The number of aryl methyl sites for hydroxylation is 1. The second-order valence-electron chi connectivity index (χ2n) is 7.55. The molecule has 30 heavy (non-hydrogen) atoms. The average Bonchev–Trinajstić information content (AvgIpc) is 2.73. The van der Waals surface area contributed by atoms with Gasteiger partial charge in [-0.15, -0.1) is 0 Å². The summed E-state index contributed by atoms with van der Waals surface area (Å²) in [6.45, 7) is 5.53. The molecule has 4 rings (SSSR count). The summed E-state index contributed by atoms with van der Waals surface area (Å²) in [5, 5.41) is 3.79. The largest absolute Gasteiger partial charge is 0.484 e. The minimum atomic E-state index is -0.407. The van der Waals surface area contributed by atoms with E-state index >= 15 is 0 Å². The van der Waals surface area contributed by atoms with Gasteiger partial charge in [-0.3, -0.25) is 4.79 Å². The first-order chi connectivity index (χ1) is 14.5. The fourth-order valence-electron chi connectivity index (χ4n) is 3.63. The Morgan fingerprint density at radius 2 is 1.87 bits per heavy atom. The summed E-state index contributed by atoms with van der Waals surface area (Å²) in [5.41, 5.74) is 2.66. The third-order valence-electron chi connectivity index (χ3n) is 5.31. The molecule has 0 saturated carbocycles. The molecule has 156 valence electrons. The topological polar surface area (TPSA) is 75.0 Å². The van der Waals surface area contributed by atoms with Crippen LogP contribution in [0, 0.1) is 6.92 Å². The van der Waals surface area contributed by atoms with Gasteiger partial charge in [0.05, 0.1) is 11.4 Å². The van der Waals surface area contributed by atoms with E-state index in [1.807, 2.05) is 37.3 Å². The number of carbonyl (C=O) groups is 1. The van der Waals surface area contributed by atoms with Crippen LogP contribution in [0.2, 0.25) is 0 Å². The third-order valence-corrected chi connectivity index (χ3v) is 5.31. The van der Waals surface area contributed by atoms with Crippen LogP contribution in [0.25, 0.3) is 11.0 Å². The zero-order valence-electron chi connectivity index (χ0n) is 17.2. The number of benzene rings is 2. The first-order valence-corrected chi connectivity index (χ1v) is 9.99. The second-order valence-corrected chi connectivity index (χ2v) is 7.55. The number of anilines is 2. The Bertz CT molecular complexity index is 1120. The van der Waals surface area contributed by atoms with E-state index in [1.54, 1.807) is 12.1 Å². The number of nitrogens with one attached hydrogen (secondary N) is 1. The van der Waals surface area contributed by atoms with E-state index in [4.69, 9.17) is 9.15 Å². The van der Waals surface area contributed by atoms with Gasteiger partial charge in [0.1, 0.15) is 11.3 Å². The summed E-state index contributed by atoms with van der Waals surface area (Å²) in [5.74, 6) is 0.223. The van der Waals surface area contributed by atoms with Crippen molar-refractivity contribution in [2.24, 2.45) is 0 Å². The Balaban J connectivity index is 1.42. The van der Waals surface area contributed by atoms with E-state index in [-0.39, 0.29) is 12.5 Å². The smallest absolute Gasteiger partial charge is 0.336 e. The zero-order chi connectivity index (χ0) is 21.1. The highest BCUT2D eigenvalue weighted by Gasteiger charge is 2.18. The molecule has 2 heterocycles. The van der Waals surface area contributed by atoms with Gasteiger partial charge in [-0.25, -0.2) is 4.79 Å². The Hall–Kier alpha value is -3.32. The summed E-state index contributed by atoms with van der Waals surface area (Å²) in [4.78, 5) is 28.7. The number of hydrogen-bond acceptors (Lipinski definition) is 6. The van der Waals surface area contributed by atoms with Crippen molar-refractivity contribution >= 4 is 28.3 Å². The van der Waals surface area contributed by atoms with Crippen molar-refractivity contribution < 1.29 is 13.9 Å². The molecule has 1 aliphatic heterocycles. The van der Waals surface area contributed by atoms with E-state index < -0.39 is 5.63 Å². The highest BCUT2D eigenvalue weighted by molar-refractivity contribution is 5.95. The van der Waals surface area contributed by atoms with E-state index in [1.165, 1.54) is 6.07 Å². The molecule has 0 aliphatic carbocycles. The highest BCUT2D eigenvalue weighted by atomic mass is 16.5. The summed E-state index contributed by atoms with van der Waals surface area (Å²) >= 11 is 0. The van der Waals surface area contributed by atoms with Crippen LogP contribution in [-0.2, 0) is 4.79 Å². The molecule has 1 saturated heterocycles. The van der Waals surface area contributed by atoms with Crippen LogP contribution in [0.4, 0.5) is 11.4 Å². The molecule has 1 aliphatic rings. The molecule has 0 unspecified atom stereocenters. The van der Waals surface area contributed by atoms with Gasteiger partial charge in [0.25, 0.3) is 5.91 Å². The molecule has 7 nitrogen and oxygen atoms in total. The zero-order valence-corrected chi connectivity index (χ0v) is 17.2. The number of likely N-dealkylation sites (N-methyl/N-ethyl adjacent to an activating group) is 1. The number of fused-ring (bicyclic) bond motifs is 1. The molecule has 0 bridgehead atoms. The number of piperazine rings is 1. The highest BCUT2D eigenvalue weighted by Crippen LogP contribution is 2.27. The van der Waals surface area contributed by atoms with Gasteiger partial charge in [0.2, 0.25) is 0 Å². The van der Waals surface area contributed by atoms with Crippen LogP contribution in [0.15, 0.2) is 57.7 Å². The van der Waals surface area contributed by atoms with Crippen LogP contribution in [0.5, 0.6) is 5.75 Å². The fraction of sp³-hybridized carbons (Fsp3) is 0.304. The lowest BCUT2D eigenvalue weighted by Gasteiger charge is -2.35. The average molecular weight is 407 g/mol. The number of amides is 1. The van der Waals surface area contributed by atoms with Crippen molar-refractivity contribution in [3.05, 3.63) is 64.5 Å². The van der Waals surface area contributed by atoms with Gasteiger partial charge in [0.15, 0.2) is 6.61 Å². The Morgan fingerprint density at radius 1 is 1.10 bits per heavy atom. The molecule has 0 atom stereocenters. The van der Waals surface area contributed by atoms with Crippen molar-refractivity contribution in [1.29, 1.82) is 0 Å². The third kappa shape index (κ3) is 4.46. The summed E-state index contributed by atoms with van der Waals surface area (Å²) in [6, 6.07) is 14.5. The van der Waals surface area contributed by atoms with E-state index in [0.717, 1.165) is 48.5 Å². The van der Waals surface area contributed by atoms with Crippen LogP contribution >= 0.6 is 0 Å². The van der Waals surface area contributed by atoms with Crippen LogP contribution in [0.3, 0.4) is 0 Å². The van der Waals surface area contributed by atoms with E-state index in [9.17, 15) is 9.59 Å². The molecular formula is C23H25N3O4. The monoisotopic (exact) mass is 407 g/mol. The maximum atomic E-state index is 12.5. The Kier molecular flexibility index (Phi) is 5.72. The van der Waals surface area contributed by atoms with Crippen molar-refractivity contribution in [3.8, 4) is 5.75 Å². The number of nitrogens with zero attached hydrogens (tertiary/aromatic N) is 2. The minimum absolute atomic E-state index is 0.140. The van der Waals surface area contributed by atoms with Gasteiger partial charge in [-0.05, 0) is 43.8 Å². The summed E-state index contributed by atoms with van der Waals surface area (Å²) in [6.07, 6.45) is 0. The molecule has 0 spiro atoms. The van der Waals surface area contributed by atoms with Gasteiger partial charge >= 0.3 is 5.63 Å².